The minimum absolute atomic E-state index is 0. The van der Waals surface area contributed by atoms with Crippen molar-refractivity contribution in [1.29, 1.82) is 0 Å². The third kappa shape index (κ3) is 5.87. The summed E-state index contributed by atoms with van der Waals surface area (Å²) in [7, 11) is -4.35. The first-order valence-corrected chi connectivity index (χ1v) is 5.52. The Hall–Kier alpha value is 2.64. The molecule has 0 aromatic heterocycles. The normalized spacial score (nSPS) is 10.1. The molecule has 0 bridgehead atoms. The molecule has 0 aliphatic heterocycles. The summed E-state index contributed by atoms with van der Waals surface area (Å²) in [4.78, 5) is -0.455. The Morgan fingerprint density at radius 1 is 1.07 bits per heavy atom. The zero-order chi connectivity index (χ0) is 10.2. The molecule has 1 rings (SSSR count). The molecule has 0 atom stereocenters. The molecule has 3 nitrogen and oxygen atoms in total. The van der Waals surface area contributed by atoms with Crippen LogP contribution in [0.5, 0.6) is 0 Å². The van der Waals surface area contributed by atoms with Crippen molar-refractivity contribution >= 4 is 44.9 Å². The molecular formula is C6H5Cl3KNaO3S. The summed E-state index contributed by atoms with van der Waals surface area (Å²) >= 11 is 16.6. The van der Waals surface area contributed by atoms with E-state index in [1.54, 1.807) is 0 Å². The van der Waals surface area contributed by atoms with Crippen LogP contribution in [0.3, 0.4) is 0 Å². The third-order valence-electron chi connectivity index (χ3n) is 1.25. The Bertz CT molecular complexity index is 460. The fourth-order valence-electron chi connectivity index (χ4n) is 0.702. The van der Waals surface area contributed by atoms with Gasteiger partial charge in [-0.3, -0.25) is 4.55 Å². The average molecular weight is 326 g/mol. The second-order valence-electron chi connectivity index (χ2n) is 2.17. The Kier molecular flexibility index (Phi) is 10.6. The van der Waals surface area contributed by atoms with Gasteiger partial charge in [0.15, 0.2) is 0 Å². The monoisotopic (exact) mass is 324 g/mol. The summed E-state index contributed by atoms with van der Waals surface area (Å²) in [5.74, 6) is 0. The van der Waals surface area contributed by atoms with Gasteiger partial charge in [0.2, 0.25) is 0 Å². The van der Waals surface area contributed by atoms with Crippen LogP contribution in [0, 0.1) is 0 Å². The van der Waals surface area contributed by atoms with Crippen LogP contribution in [0.15, 0.2) is 17.0 Å². The minimum Gasteiger partial charge on any atom is -1.00 e. The number of benzene rings is 1. The predicted molar refractivity (Wildman–Crippen MR) is 53.5 cm³/mol. The van der Waals surface area contributed by atoms with E-state index in [0.29, 0.717) is 0 Å². The molecule has 0 heterocycles. The zero-order valence-corrected chi connectivity index (χ0v) is 16.2. The van der Waals surface area contributed by atoms with Crippen LogP contribution in [0.4, 0.5) is 0 Å². The first kappa shape index (κ1) is 20.0. The third-order valence-corrected chi connectivity index (χ3v) is 3.29. The van der Waals surface area contributed by atoms with Crippen molar-refractivity contribution in [1.82, 2.24) is 0 Å². The fourth-order valence-corrected chi connectivity index (χ4v) is 2.18. The quantitative estimate of drug-likeness (QED) is 0.343. The van der Waals surface area contributed by atoms with E-state index in [1.165, 1.54) is 0 Å². The summed E-state index contributed by atoms with van der Waals surface area (Å²) in [5.41, 5.74) is 0. The molecule has 1 aromatic rings. The number of rotatable bonds is 1. The average Bonchev–Trinajstić information content (AvgIpc) is 1.94. The molecule has 0 unspecified atom stereocenters. The molecule has 0 spiro atoms. The first-order valence-electron chi connectivity index (χ1n) is 2.94. The molecular weight excluding hydrogens is 321 g/mol. The van der Waals surface area contributed by atoms with Gasteiger partial charge in [0.05, 0.1) is 15.1 Å². The molecule has 0 amide bonds. The maximum absolute atomic E-state index is 10.7. The number of halogens is 3. The van der Waals surface area contributed by atoms with Gasteiger partial charge in [-0.25, -0.2) is 0 Å². The van der Waals surface area contributed by atoms with E-state index in [1.807, 2.05) is 0 Å². The van der Waals surface area contributed by atoms with Crippen LogP contribution < -0.4 is 80.9 Å². The fraction of sp³-hybridized carbons (Fsp3) is 0. The smallest absolute Gasteiger partial charge is 1.00 e. The molecule has 0 aliphatic rings. The molecule has 0 radical (unpaired) electrons. The van der Waals surface area contributed by atoms with Crippen molar-refractivity contribution in [3.05, 3.63) is 27.2 Å². The predicted octanol–water partition coefficient (Wildman–Crippen LogP) is -2.87. The number of hydrogen-bond acceptors (Lipinski definition) is 2. The molecule has 0 fully saturated rings. The topological polar surface area (TPSA) is 54.4 Å². The molecule has 1 N–H and O–H groups in total. The van der Waals surface area contributed by atoms with Crippen molar-refractivity contribution in [2.45, 2.75) is 4.90 Å². The van der Waals surface area contributed by atoms with E-state index in [9.17, 15) is 8.42 Å². The van der Waals surface area contributed by atoms with E-state index in [-0.39, 0.29) is 98.9 Å². The number of hydrogen-bond donors (Lipinski definition) is 1. The van der Waals surface area contributed by atoms with E-state index >= 15 is 0 Å². The van der Waals surface area contributed by atoms with Crippen molar-refractivity contribution in [2.24, 2.45) is 0 Å². The maximum atomic E-state index is 10.7. The van der Waals surface area contributed by atoms with Crippen LogP contribution >= 0.6 is 34.8 Å². The molecule has 15 heavy (non-hydrogen) atoms. The van der Waals surface area contributed by atoms with Crippen molar-refractivity contribution in [3.63, 3.8) is 0 Å². The van der Waals surface area contributed by atoms with Crippen molar-refractivity contribution in [3.8, 4) is 0 Å². The summed E-state index contributed by atoms with van der Waals surface area (Å²) < 4.78 is 30.0. The van der Waals surface area contributed by atoms with Gasteiger partial charge >= 0.3 is 80.9 Å². The molecule has 1 aromatic carbocycles. The second kappa shape index (κ2) is 7.94. The molecule has 76 valence electrons. The first-order chi connectivity index (χ1) is 5.82. The van der Waals surface area contributed by atoms with Gasteiger partial charge in [-0.15, -0.1) is 0 Å². The van der Waals surface area contributed by atoms with E-state index < -0.39 is 15.0 Å². The molecule has 0 saturated carbocycles. The van der Waals surface area contributed by atoms with Crippen molar-refractivity contribution < 1.29 is 96.8 Å². The Labute approximate surface area is 170 Å². The van der Waals surface area contributed by atoms with Gasteiger partial charge in [-0.05, 0) is 12.1 Å². The second-order valence-corrected chi connectivity index (χ2v) is 4.78. The SMILES string of the molecule is O=S(=O)(O)c1cc(Cl)c(Cl)cc1Cl.[H-].[H-].[K+].[Na+]. The van der Waals surface area contributed by atoms with Gasteiger partial charge in [0, 0.05) is 0 Å². The van der Waals surface area contributed by atoms with Gasteiger partial charge in [-0.1, -0.05) is 34.8 Å². The van der Waals surface area contributed by atoms with E-state index in [2.05, 4.69) is 0 Å². The zero-order valence-electron chi connectivity index (χ0n) is 9.96. The van der Waals surface area contributed by atoms with Gasteiger partial charge < -0.3 is 2.85 Å². The minimum atomic E-state index is -4.35. The van der Waals surface area contributed by atoms with Crippen LogP contribution in [0.1, 0.15) is 2.85 Å². The van der Waals surface area contributed by atoms with Gasteiger partial charge in [0.25, 0.3) is 10.1 Å². The van der Waals surface area contributed by atoms with Gasteiger partial charge in [0.1, 0.15) is 4.90 Å². The van der Waals surface area contributed by atoms with Crippen LogP contribution in [-0.2, 0) is 10.1 Å². The van der Waals surface area contributed by atoms with E-state index in [4.69, 9.17) is 39.4 Å². The van der Waals surface area contributed by atoms with Crippen LogP contribution in [-0.4, -0.2) is 13.0 Å². The molecule has 0 saturated heterocycles. The Morgan fingerprint density at radius 2 is 1.47 bits per heavy atom. The summed E-state index contributed by atoms with van der Waals surface area (Å²) in [5, 5.41) is -0.0327. The largest absolute Gasteiger partial charge is 1.00 e. The summed E-state index contributed by atoms with van der Waals surface area (Å²) in [6, 6.07) is 2.14. The molecule has 9 heteroatoms. The maximum Gasteiger partial charge on any atom is 1.00 e. The Morgan fingerprint density at radius 3 is 1.87 bits per heavy atom. The standard InChI is InChI=1S/C6H3Cl3O3S.K.Na.2H/c7-3-1-5(9)6(2-4(3)8)13(10,11)12;;;;/h1-2H,(H,10,11,12);;;;/q;2*+1;2*-1. The van der Waals surface area contributed by atoms with Crippen LogP contribution in [0.2, 0.25) is 15.1 Å². The van der Waals surface area contributed by atoms with Crippen LogP contribution in [0.25, 0.3) is 0 Å². The molecule has 0 aliphatic carbocycles. The van der Waals surface area contributed by atoms with Crippen molar-refractivity contribution in [2.75, 3.05) is 0 Å². The Balaban J connectivity index is -0.000000211. The summed E-state index contributed by atoms with van der Waals surface area (Å²) in [6.07, 6.45) is 0. The van der Waals surface area contributed by atoms with Gasteiger partial charge in [-0.2, -0.15) is 8.42 Å². The van der Waals surface area contributed by atoms with E-state index in [0.717, 1.165) is 12.1 Å². The summed E-state index contributed by atoms with van der Waals surface area (Å²) in [6.45, 7) is 0.